The fourth-order valence-electron chi connectivity index (χ4n) is 8.15. The number of hydrogen-bond acceptors (Lipinski definition) is 4. The van der Waals surface area contributed by atoms with Crippen LogP contribution in [0, 0.1) is 40.4 Å². The van der Waals surface area contributed by atoms with Gasteiger partial charge in [-0.05, 0) is 99.2 Å². The van der Waals surface area contributed by atoms with Crippen molar-refractivity contribution in [3.05, 3.63) is 0 Å². The Kier molecular flexibility index (Phi) is 4.80. The van der Waals surface area contributed by atoms with Crippen LogP contribution in [0.2, 0.25) is 0 Å². The number of carbonyl (C=O) groups excluding carboxylic acids is 1. The minimum atomic E-state index is -4.37. The molecule has 4 aliphatic rings. The Morgan fingerprint density at radius 3 is 2.30 bits per heavy atom. The van der Waals surface area contributed by atoms with Gasteiger partial charge in [-0.3, -0.25) is 9.35 Å². The molecule has 8 atom stereocenters. The van der Waals surface area contributed by atoms with Crippen molar-refractivity contribution >= 4 is 16.2 Å². The summed E-state index contributed by atoms with van der Waals surface area (Å²) < 4.78 is 36.2. The summed E-state index contributed by atoms with van der Waals surface area (Å²) in [6.45, 7) is 6.57. The molecule has 0 spiro atoms. The van der Waals surface area contributed by atoms with Gasteiger partial charge in [-0.2, -0.15) is 8.42 Å². The molecule has 0 saturated heterocycles. The molecule has 0 aromatic heterocycles. The second kappa shape index (κ2) is 6.53. The molecule has 5 nitrogen and oxygen atoms in total. The van der Waals surface area contributed by atoms with E-state index < -0.39 is 10.4 Å². The van der Waals surface area contributed by atoms with Crippen LogP contribution < -0.4 is 0 Å². The molecular formula is C21H34O5S. The summed E-state index contributed by atoms with van der Waals surface area (Å²) in [5.74, 6) is 3.12. The highest BCUT2D eigenvalue weighted by Gasteiger charge is 2.60. The Labute approximate surface area is 163 Å². The quantitative estimate of drug-likeness (QED) is 0.712. The van der Waals surface area contributed by atoms with Crippen LogP contribution in [0.5, 0.6) is 0 Å². The van der Waals surface area contributed by atoms with Crippen molar-refractivity contribution < 1.29 is 21.9 Å². The van der Waals surface area contributed by atoms with E-state index in [1.165, 1.54) is 19.3 Å². The van der Waals surface area contributed by atoms with Crippen LogP contribution in [-0.4, -0.2) is 24.9 Å². The maximum atomic E-state index is 12.2. The molecule has 0 radical (unpaired) electrons. The molecule has 4 rings (SSSR count). The van der Waals surface area contributed by atoms with Crippen molar-refractivity contribution in [2.45, 2.75) is 84.7 Å². The minimum absolute atomic E-state index is 0.182. The van der Waals surface area contributed by atoms with Crippen molar-refractivity contribution in [2.75, 3.05) is 0 Å². The molecule has 0 aromatic rings. The first kappa shape index (κ1) is 19.8. The molecule has 4 fully saturated rings. The van der Waals surface area contributed by atoms with Crippen LogP contribution >= 0.6 is 0 Å². The fraction of sp³-hybridized carbons (Fsp3) is 0.952. The van der Waals surface area contributed by atoms with Crippen LogP contribution in [-0.2, 0) is 19.4 Å². The molecule has 27 heavy (non-hydrogen) atoms. The highest BCUT2D eigenvalue weighted by atomic mass is 32.3. The first-order valence-electron chi connectivity index (χ1n) is 10.7. The van der Waals surface area contributed by atoms with Crippen molar-refractivity contribution in [3.63, 3.8) is 0 Å². The zero-order valence-electron chi connectivity index (χ0n) is 16.8. The van der Waals surface area contributed by atoms with E-state index in [1.807, 2.05) is 0 Å². The van der Waals surface area contributed by atoms with Gasteiger partial charge >= 0.3 is 10.4 Å². The number of Topliss-reactive ketones (excluding diaryl/α,β-unsaturated/α-hetero) is 1. The monoisotopic (exact) mass is 398 g/mol. The van der Waals surface area contributed by atoms with Gasteiger partial charge in [-0.15, -0.1) is 0 Å². The van der Waals surface area contributed by atoms with E-state index in [9.17, 15) is 13.2 Å². The molecule has 4 aliphatic carbocycles. The van der Waals surface area contributed by atoms with Crippen LogP contribution in [0.15, 0.2) is 0 Å². The molecule has 0 aromatic carbocycles. The number of ketones is 1. The normalized spacial score (nSPS) is 49.8. The molecule has 4 saturated carbocycles. The zero-order valence-corrected chi connectivity index (χ0v) is 17.6. The lowest BCUT2D eigenvalue weighted by Crippen LogP contribution is -2.54. The lowest BCUT2D eigenvalue weighted by molar-refractivity contribution is -0.137. The smallest absolute Gasteiger partial charge is 0.300 e. The molecule has 1 N–H and O–H groups in total. The minimum Gasteiger partial charge on any atom is -0.300 e. The SMILES string of the molecule is CC(=O)[C@H]1CC[C@H]2[C@@H]3CCC4C[C@H](OS(=O)(=O)O)CC[C@]4(C)[C@H]3CC[C@]12C. The van der Waals surface area contributed by atoms with Gasteiger partial charge in [0.15, 0.2) is 0 Å². The third-order valence-corrected chi connectivity index (χ3v) is 9.88. The summed E-state index contributed by atoms with van der Waals surface area (Å²) in [5, 5.41) is 0. The molecule has 0 bridgehead atoms. The van der Waals surface area contributed by atoms with Gasteiger partial charge in [0.05, 0.1) is 6.10 Å². The Morgan fingerprint density at radius 1 is 0.963 bits per heavy atom. The molecule has 0 amide bonds. The fourth-order valence-corrected chi connectivity index (χ4v) is 8.66. The van der Waals surface area contributed by atoms with Gasteiger partial charge in [0, 0.05) is 5.92 Å². The summed E-state index contributed by atoms with van der Waals surface area (Å²) in [4.78, 5) is 12.2. The second-order valence-electron chi connectivity index (χ2n) is 10.4. The Balaban J connectivity index is 1.53. The topological polar surface area (TPSA) is 80.7 Å². The van der Waals surface area contributed by atoms with Crippen LogP contribution in [0.25, 0.3) is 0 Å². The van der Waals surface area contributed by atoms with E-state index in [2.05, 4.69) is 13.8 Å². The van der Waals surface area contributed by atoms with Gasteiger partial charge in [0.1, 0.15) is 5.78 Å². The lowest BCUT2D eigenvalue weighted by atomic mass is 9.44. The van der Waals surface area contributed by atoms with Gasteiger partial charge in [-0.1, -0.05) is 13.8 Å². The van der Waals surface area contributed by atoms with E-state index >= 15 is 0 Å². The summed E-state index contributed by atoms with van der Waals surface area (Å²) in [7, 11) is -4.37. The number of fused-ring (bicyclic) bond motifs is 5. The van der Waals surface area contributed by atoms with Crippen molar-refractivity contribution in [3.8, 4) is 0 Å². The second-order valence-corrected chi connectivity index (χ2v) is 11.4. The number of hydrogen-bond donors (Lipinski definition) is 1. The first-order valence-corrected chi connectivity index (χ1v) is 12.1. The predicted molar refractivity (Wildman–Crippen MR) is 102 cm³/mol. The standard InChI is InChI=1S/C21H34O5S/c1-13(22)17-6-7-18-16-5-4-14-12-15(26-27(23,24)25)8-10-20(14,2)19(16)9-11-21(17,18)3/h14-19H,4-12H2,1-3H3,(H,23,24,25)/t14?,15-,16+,17-,18+,19+,20+,21-/m1/s1. The predicted octanol–water partition coefficient (Wildman–Crippen LogP) is 4.42. The molecule has 0 heterocycles. The maximum absolute atomic E-state index is 12.2. The molecule has 6 heteroatoms. The highest BCUT2D eigenvalue weighted by Crippen LogP contribution is 2.67. The summed E-state index contributed by atoms with van der Waals surface area (Å²) >= 11 is 0. The Morgan fingerprint density at radius 2 is 1.63 bits per heavy atom. The van der Waals surface area contributed by atoms with Gasteiger partial charge < -0.3 is 0 Å². The third-order valence-electron chi connectivity index (χ3n) is 9.37. The van der Waals surface area contributed by atoms with E-state index in [-0.39, 0.29) is 22.9 Å². The van der Waals surface area contributed by atoms with E-state index in [0.717, 1.165) is 32.1 Å². The van der Waals surface area contributed by atoms with Gasteiger partial charge in [0.2, 0.25) is 0 Å². The Hall–Kier alpha value is -0.460. The average molecular weight is 399 g/mol. The van der Waals surface area contributed by atoms with E-state index in [0.29, 0.717) is 35.9 Å². The van der Waals surface area contributed by atoms with Crippen molar-refractivity contribution in [1.29, 1.82) is 0 Å². The van der Waals surface area contributed by atoms with Crippen LogP contribution in [0.4, 0.5) is 0 Å². The largest absolute Gasteiger partial charge is 0.397 e. The molecular weight excluding hydrogens is 364 g/mol. The molecule has 1 unspecified atom stereocenters. The maximum Gasteiger partial charge on any atom is 0.397 e. The van der Waals surface area contributed by atoms with E-state index in [1.54, 1.807) is 6.92 Å². The first-order chi connectivity index (χ1) is 12.5. The average Bonchev–Trinajstić information content (AvgIpc) is 2.91. The van der Waals surface area contributed by atoms with Gasteiger partial charge in [-0.25, -0.2) is 4.18 Å². The summed E-state index contributed by atoms with van der Waals surface area (Å²) in [6, 6.07) is 0. The lowest BCUT2D eigenvalue weighted by Gasteiger charge is -2.61. The van der Waals surface area contributed by atoms with Gasteiger partial charge in [0.25, 0.3) is 0 Å². The highest BCUT2D eigenvalue weighted by molar-refractivity contribution is 7.80. The van der Waals surface area contributed by atoms with Crippen LogP contribution in [0.1, 0.15) is 78.6 Å². The Bertz CT molecular complexity index is 718. The summed E-state index contributed by atoms with van der Waals surface area (Å²) in [6.07, 6.45) is 8.92. The van der Waals surface area contributed by atoms with Crippen molar-refractivity contribution in [2.24, 2.45) is 40.4 Å². The molecule has 0 aliphatic heterocycles. The third kappa shape index (κ3) is 3.20. The van der Waals surface area contributed by atoms with E-state index in [4.69, 9.17) is 8.74 Å². The number of carbonyl (C=O) groups is 1. The zero-order chi connectivity index (χ0) is 19.6. The molecule has 154 valence electrons. The van der Waals surface area contributed by atoms with Crippen molar-refractivity contribution in [1.82, 2.24) is 0 Å². The number of rotatable bonds is 3. The summed E-state index contributed by atoms with van der Waals surface area (Å²) in [5.41, 5.74) is 0.416. The van der Waals surface area contributed by atoms with Crippen LogP contribution in [0.3, 0.4) is 0 Å².